The molecule has 0 aromatic rings. The van der Waals surface area contributed by atoms with E-state index in [-0.39, 0.29) is 0 Å². The van der Waals surface area contributed by atoms with Gasteiger partial charge in [-0.2, -0.15) is 0 Å². The average molecular weight is 491 g/mol. The van der Waals surface area contributed by atoms with E-state index in [9.17, 15) is 0 Å². The van der Waals surface area contributed by atoms with Crippen LogP contribution in [0.2, 0.25) is 0 Å². The van der Waals surface area contributed by atoms with Gasteiger partial charge >= 0.3 is 27.0 Å². The van der Waals surface area contributed by atoms with Crippen molar-refractivity contribution in [1.29, 1.82) is 0 Å². The Hall–Kier alpha value is 2.20. The molecule has 0 heterocycles. The van der Waals surface area contributed by atoms with Crippen LogP contribution in [0, 0.1) is 0 Å². The molecule has 0 nitrogen and oxygen atoms in total. The summed E-state index contributed by atoms with van der Waals surface area (Å²) in [7, 11) is 5.91. The van der Waals surface area contributed by atoms with Gasteiger partial charge in [-0.15, -0.1) is 23.8 Å². The number of halogens is 1. The Balaban J connectivity index is -0.000000111. The second-order valence-corrected chi connectivity index (χ2v) is 14.6. The zero-order valence-corrected chi connectivity index (χ0v) is 22.6. The second kappa shape index (κ2) is 31.9. The number of rotatable bonds is 9. The summed E-state index contributed by atoms with van der Waals surface area (Å²) in [5, 5.41) is 0. The van der Waals surface area contributed by atoms with E-state index in [2.05, 4.69) is 72.0 Å². The minimum atomic E-state index is 0.446. The Morgan fingerprint density at radius 1 is 0.391 bits per heavy atom. The van der Waals surface area contributed by atoms with Crippen LogP contribution in [0.15, 0.2) is 0 Å². The summed E-state index contributed by atoms with van der Waals surface area (Å²) < 4.78 is 0. The molecule has 0 fully saturated rings. The van der Waals surface area contributed by atoms with Crippen LogP contribution in [0.5, 0.6) is 0 Å². The van der Waals surface area contributed by atoms with Crippen molar-refractivity contribution in [3.05, 3.63) is 0 Å². The van der Waals surface area contributed by atoms with Gasteiger partial charge < -0.3 is 0 Å². The van der Waals surface area contributed by atoms with Crippen molar-refractivity contribution in [3.8, 4) is 0 Å². The number of hydrogen-bond acceptors (Lipinski definition) is 0. The summed E-state index contributed by atoms with van der Waals surface area (Å²) in [5.41, 5.74) is 0. The summed E-state index contributed by atoms with van der Waals surface area (Å²) >= 11 is 1.82. The molecule has 0 aromatic heterocycles. The molecular weight excluding hydrogens is 446 g/mol. The molecule has 5 heteroatoms. The normalized spacial score (nSPS) is 9.65. The van der Waals surface area contributed by atoms with Crippen molar-refractivity contribution >= 4 is 33.5 Å². The Kier molecular flexibility index (Phi) is 45.6. The van der Waals surface area contributed by atoms with Gasteiger partial charge in [0.1, 0.15) is 0 Å². The van der Waals surface area contributed by atoms with Crippen LogP contribution in [0.1, 0.15) is 62.3 Å². The Labute approximate surface area is 168 Å². The van der Waals surface area contributed by atoms with Crippen molar-refractivity contribution in [2.24, 2.45) is 0 Å². The molecule has 0 radical (unpaired) electrons. The van der Waals surface area contributed by atoms with Gasteiger partial charge in [0.2, 0.25) is 0 Å². The molecule has 0 spiro atoms. The molecular formula is C18H45ClP3Ru. The van der Waals surface area contributed by atoms with Gasteiger partial charge in [0.15, 0.2) is 0 Å². The molecule has 0 amide bonds. The minimum absolute atomic E-state index is 0.446. The van der Waals surface area contributed by atoms with E-state index in [0.717, 1.165) is 0 Å². The van der Waals surface area contributed by atoms with Crippen molar-refractivity contribution < 1.29 is 17.3 Å². The maximum atomic E-state index is 4.57. The van der Waals surface area contributed by atoms with E-state index >= 15 is 0 Å². The fourth-order valence-electron chi connectivity index (χ4n) is 2.01. The molecule has 0 aliphatic heterocycles. The van der Waals surface area contributed by atoms with E-state index in [1.165, 1.54) is 55.5 Å². The molecule has 0 saturated carbocycles. The van der Waals surface area contributed by atoms with Crippen molar-refractivity contribution in [2.45, 2.75) is 62.3 Å². The van der Waals surface area contributed by atoms with E-state index in [1.54, 1.807) is 0 Å². The van der Waals surface area contributed by atoms with Crippen LogP contribution >= 0.6 is 33.5 Å². The molecule has 0 bridgehead atoms. The van der Waals surface area contributed by atoms with Gasteiger partial charge in [-0.1, -0.05) is 62.3 Å². The Morgan fingerprint density at radius 3 is 0.478 bits per heavy atom. The first-order valence-corrected chi connectivity index (χ1v) is 17.3. The fraction of sp³-hybridized carbons (Fsp3) is 1.00. The first-order valence-electron chi connectivity index (χ1n) is 9.34. The van der Waals surface area contributed by atoms with Crippen LogP contribution in [0.25, 0.3) is 0 Å². The third-order valence-corrected chi connectivity index (χ3v) is 12.1. The topological polar surface area (TPSA) is 0 Å². The van der Waals surface area contributed by atoms with Gasteiger partial charge in [-0.05, 0) is 55.5 Å². The first kappa shape index (κ1) is 32.8. The van der Waals surface area contributed by atoms with E-state index in [0.29, 0.717) is 23.8 Å². The monoisotopic (exact) mass is 491 g/mol. The zero-order valence-electron chi connectivity index (χ0n) is 17.4. The molecule has 23 heavy (non-hydrogen) atoms. The van der Waals surface area contributed by atoms with E-state index in [4.69, 9.17) is 0 Å². The van der Waals surface area contributed by atoms with Crippen LogP contribution in [-0.4, -0.2) is 55.5 Å². The van der Waals surface area contributed by atoms with Gasteiger partial charge in [0.25, 0.3) is 0 Å². The number of hydrogen-bond donors (Lipinski definition) is 0. The Bertz CT molecular complexity index is 117. The SMILES string of the molecule is CCP(CC)CC.CCP(CC)CC.CCP(CC)CC.[Cl][Ru]. The summed E-state index contributed by atoms with van der Waals surface area (Å²) in [6, 6.07) is 0. The summed E-state index contributed by atoms with van der Waals surface area (Å²) in [6.07, 6.45) is 12.8. The molecule has 147 valence electrons. The van der Waals surface area contributed by atoms with E-state index < -0.39 is 0 Å². The molecule has 0 atom stereocenters. The van der Waals surface area contributed by atoms with Crippen LogP contribution in [-0.2, 0) is 17.3 Å². The summed E-state index contributed by atoms with van der Waals surface area (Å²) in [4.78, 5) is 0. The van der Waals surface area contributed by atoms with Crippen LogP contribution < -0.4 is 0 Å². The molecule has 0 aromatic carbocycles. The van der Waals surface area contributed by atoms with Crippen LogP contribution in [0.4, 0.5) is 0 Å². The van der Waals surface area contributed by atoms with E-state index in [1.807, 2.05) is 17.3 Å². The van der Waals surface area contributed by atoms with Gasteiger partial charge in [-0.25, -0.2) is 0 Å². The standard InChI is InChI=1S/3C6H15P.ClH.Ru/c3*1-4-7(5-2)6-3;;/h3*4-6H2,1-3H3;1H;/q;;;;+1/p-1. The quantitative estimate of drug-likeness (QED) is 0.225. The molecule has 0 aliphatic carbocycles. The molecule has 0 N–H and O–H groups in total. The zero-order chi connectivity index (χ0) is 19.1. The fourth-order valence-corrected chi connectivity index (χ4v) is 6.04. The third-order valence-electron chi connectivity index (χ3n) is 4.02. The third kappa shape index (κ3) is 29.2. The summed E-state index contributed by atoms with van der Waals surface area (Å²) in [5.74, 6) is 0. The second-order valence-electron chi connectivity index (χ2n) is 4.86. The van der Waals surface area contributed by atoms with Crippen LogP contribution in [0.3, 0.4) is 0 Å². The van der Waals surface area contributed by atoms with Gasteiger partial charge in [0.05, 0.1) is 0 Å². The predicted molar refractivity (Wildman–Crippen MR) is 121 cm³/mol. The molecule has 0 unspecified atom stereocenters. The van der Waals surface area contributed by atoms with Gasteiger partial charge in [-0.3, -0.25) is 0 Å². The predicted octanol–water partition coefficient (Wildman–Crippen LogP) is 8.27. The maximum absolute atomic E-state index is 4.57. The summed E-state index contributed by atoms with van der Waals surface area (Å²) in [6.45, 7) is 20.6. The first-order chi connectivity index (χ1) is 11.0. The Morgan fingerprint density at radius 2 is 0.478 bits per heavy atom. The molecule has 0 rings (SSSR count). The van der Waals surface area contributed by atoms with Crippen molar-refractivity contribution in [3.63, 3.8) is 0 Å². The molecule has 0 aliphatic rings. The van der Waals surface area contributed by atoms with Gasteiger partial charge in [0, 0.05) is 0 Å². The van der Waals surface area contributed by atoms with Crippen molar-refractivity contribution in [1.82, 2.24) is 0 Å². The molecule has 0 saturated heterocycles. The van der Waals surface area contributed by atoms with Crippen molar-refractivity contribution in [2.75, 3.05) is 55.5 Å². The average Bonchev–Trinajstić information content (AvgIpc) is 2.62.